The van der Waals surface area contributed by atoms with Gasteiger partial charge in [-0.15, -0.1) is 11.8 Å². The quantitative estimate of drug-likeness (QED) is 0.622. The average Bonchev–Trinajstić information content (AvgIpc) is 2.55. The molecule has 0 aliphatic carbocycles. The van der Waals surface area contributed by atoms with Gasteiger partial charge in [0.1, 0.15) is 17.7 Å². The number of rotatable bonds is 5. The molecule has 0 bridgehead atoms. The van der Waals surface area contributed by atoms with Crippen molar-refractivity contribution < 1.29 is 0 Å². The van der Waals surface area contributed by atoms with Crippen LogP contribution in [0.3, 0.4) is 0 Å². The topological polar surface area (TPSA) is 59.6 Å². The molecule has 0 atom stereocenters. The summed E-state index contributed by atoms with van der Waals surface area (Å²) in [4.78, 5) is 1.04. The Morgan fingerprint density at radius 3 is 2.64 bits per heavy atom. The summed E-state index contributed by atoms with van der Waals surface area (Å²) in [7, 11) is 0. The van der Waals surface area contributed by atoms with Gasteiger partial charge in [0.25, 0.3) is 0 Å². The van der Waals surface area contributed by atoms with E-state index in [1.807, 2.05) is 60.7 Å². The lowest BCUT2D eigenvalue weighted by atomic mass is 10.2. The van der Waals surface area contributed by atoms with E-state index in [9.17, 15) is 0 Å². The maximum atomic E-state index is 8.75. The number of nitriles is 2. The Kier molecular flexibility index (Phi) is 5.91. The molecule has 0 aliphatic heterocycles. The normalized spacial score (nSPS) is 9.41. The third kappa shape index (κ3) is 4.56. The number of thioether (sulfide) groups is 1. The molecule has 0 radical (unpaired) electrons. The first-order valence-electron chi connectivity index (χ1n) is 6.46. The highest BCUT2D eigenvalue weighted by Crippen LogP contribution is 2.30. The van der Waals surface area contributed by atoms with Crippen LogP contribution in [0.2, 0.25) is 5.02 Å². The first-order chi connectivity index (χ1) is 10.7. The lowest BCUT2D eigenvalue weighted by molar-refractivity contribution is 1.36. The van der Waals surface area contributed by atoms with E-state index in [2.05, 4.69) is 5.32 Å². The standard InChI is InChI=1S/C17H12ClN3S/c18-15-5-3-4-13(8-15)12-22-17-7-2-1-6-16(17)21-11-14(9-19)10-20/h1-8,11,21H,12H2. The number of benzene rings is 2. The Hall–Kier alpha value is -2.40. The summed E-state index contributed by atoms with van der Waals surface area (Å²) in [6, 6.07) is 19.1. The molecule has 2 aromatic rings. The van der Waals surface area contributed by atoms with Crippen LogP contribution < -0.4 is 5.32 Å². The number of nitrogens with zero attached hydrogens (tertiary/aromatic N) is 2. The Bertz CT molecular complexity index is 756. The van der Waals surface area contributed by atoms with E-state index < -0.39 is 0 Å². The largest absolute Gasteiger partial charge is 0.359 e. The van der Waals surface area contributed by atoms with Crippen molar-refractivity contribution >= 4 is 29.1 Å². The highest BCUT2D eigenvalue weighted by atomic mass is 35.5. The molecule has 108 valence electrons. The van der Waals surface area contributed by atoms with Crippen LogP contribution in [0, 0.1) is 22.7 Å². The zero-order valence-electron chi connectivity index (χ0n) is 11.6. The summed E-state index contributed by atoms with van der Waals surface area (Å²) >= 11 is 7.64. The first-order valence-corrected chi connectivity index (χ1v) is 7.82. The molecule has 0 heterocycles. The molecule has 0 amide bonds. The average molecular weight is 326 g/mol. The Balaban J connectivity index is 2.10. The fourth-order valence-corrected chi connectivity index (χ4v) is 2.91. The number of halogens is 1. The highest BCUT2D eigenvalue weighted by Gasteiger charge is 2.03. The molecule has 1 N–H and O–H groups in total. The predicted octanol–water partition coefficient (Wildman–Crippen LogP) is 4.98. The molecule has 0 spiro atoms. The minimum Gasteiger partial charge on any atom is -0.359 e. The lowest BCUT2D eigenvalue weighted by Crippen LogP contribution is -1.92. The van der Waals surface area contributed by atoms with Gasteiger partial charge in [-0.05, 0) is 29.8 Å². The molecule has 5 heteroatoms. The van der Waals surface area contributed by atoms with E-state index in [-0.39, 0.29) is 5.57 Å². The number of allylic oxidation sites excluding steroid dienone is 1. The van der Waals surface area contributed by atoms with Crippen LogP contribution >= 0.6 is 23.4 Å². The number of hydrogen-bond donors (Lipinski definition) is 1. The van der Waals surface area contributed by atoms with E-state index in [1.165, 1.54) is 6.20 Å². The second kappa shape index (κ2) is 8.14. The SMILES string of the molecule is N#CC(C#N)=CNc1ccccc1SCc1cccc(Cl)c1. The van der Waals surface area contributed by atoms with Crippen LogP contribution in [0.15, 0.2) is 65.2 Å². The second-order valence-corrected chi connectivity index (χ2v) is 5.79. The van der Waals surface area contributed by atoms with Gasteiger partial charge in [0.15, 0.2) is 0 Å². The molecular formula is C17H12ClN3S. The fraction of sp³-hybridized carbons (Fsp3) is 0.0588. The zero-order chi connectivity index (χ0) is 15.8. The third-order valence-corrected chi connectivity index (χ3v) is 4.16. The molecule has 2 rings (SSSR count). The summed E-state index contributed by atoms with van der Waals surface area (Å²) in [5.74, 6) is 0.784. The minimum atomic E-state index is 0.0367. The smallest absolute Gasteiger partial charge is 0.145 e. The maximum Gasteiger partial charge on any atom is 0.145 e. The lowest BCUT2D eigenvalue weighted by Gasteiger charge is -2.09. The van der Waals surface area contributed by atoms with Crippen molar-refractivity contribution in [1.82, 2.24) is 0 Å². The van der Waals surface area contributed by atoms with Gasteiger partial charge in [0.05, 0.1) is 5.69 Å². The molecule has 0 aliphatic rings. The molecule has 3 nitrogen and oxygen atoms in total. The van der Waals surface area contributed by atoms with Crippen LogP contribution in [0.1, 0.15) is 5.56 Å². The highest BCUT2D eigenvalue weighted by molar-refractivity contribution is 7.98. The minimum absolute atomic E-state index is 0.0367. The van der Waals surface area contributed by atoms with Crippen molar-refractivity contribution in [1.29, 1.82) is 10.5 Å². The van der Waals surface area contributed by atoms with Crippen molar-refractivity contribution in [2.24, 2.45) is 0 Å². The van der Waals surface area contributed by atoms with Gasteiger partial charge in [-0.3, -0.25) is 0 Å². The summed E-state index contributed by atoms with van der Waals surface area (Å²) in [6.07, 6.45) is 1.42. The summed E-state index contributed by atoms with van der Waals surface area (Å²) < 4.78 is 0. The molecule has 0 unspecified atom stereocenters. The summed E-state index contributed by atoms with van der Waals surface area (Å²) in [6.45, 7) is 0. The van der Waals surface area contributed by atoms with Crippen molar-refractivity contribution in [3.8, 4) is 12.1 Å². The molecule has 0 aromatic heterocycles. The fourth-order valence-electron chi connectivity index (χ4n) is 1.74. The van der Waals surface area contributed by atoms with Crippen LogP contribution in [-0.4, -0.2) is 0 Å². The molecular weight excluding hydrogens is 314 g/mol. The molecule has 0 fully saturated rings. The molecule has 22 heavy (non-hydrogen) atoms. The predicted molar refractivity (Wildman–Crippen MR) is 90.4 cm³/mol. The monoisotopic (exact) mass is 325 g/mol. The van der Waals surface area contributed by atoms with E-state index in [1.54, 1.807) is 11.8 Å². The van der Waals surface area contributed by atoms with E-state index >= 15 is 0 Å². The number of para-hydroxylation sites is 1. The van der Waals surface area contributed by atoms with Crippen LogP contribution in [0.25, 0.3) is 0 Å². The van der Waals surface area contributed by atoms with Gasteiger partial charge >= 0.3 is 0 Å². The van der Waals surface area contributed by atoms with Crippen LogP contribution in [0.4, 0.5) is 5.69 Å². The van der Waals surface area contributed by atoms with Crippen LogP contribution in [-0.2, 0) is 5.75 Å². The molecule has 2 aromatic carbocycles. The first kappa shape index (κ1) is 16.0. The maximum absolute atomic E-state index is 8.75. The second-order valence-electron chi connectivity index (χ2n) is 4.34. The van der Waals surface area contributed by atoms with Crippen molar-refractivity contribution in [2.45, 2.75) is 10.6 Å². The van der Waals surface area contributed by atoms with Gasteiger partial charge in [-0.25, -0.2) is 0 Å². The third-order valence-electron chi connectivity index (χ3n) is 2.78. The van der Waals surface area contributed by atoms with Crippen molar-refractivity contribution in [3.63, 3.8) is 0 Å². The Morgan fingerprint density at radius 1 is 1.14 bits per heavy atom. The van der Waals surface area contributed by atoms with Gasteiger partial charge in [0, 0.05) is 21.9 Å². The number of hydrogen-bond acceptors (Lipinski definition) is 4. The van der Waals surface area contributed by atoms with Crippen molar-refractivity contribution in [2.75, 3.05) is 5.32 Å². The molecule has 0 saturated heterocycles. The van der Waals surface area contributed by atoms with Gasteiger partial charge < -0.3 is 5.32 Å². The molecule has 0 saturated carbocycles. The van der Waals surface area contributed by atoms with Gasteiger partial charge in [-0.1, -0.05) is 35.9 Å². The number of anilines is 1. The van der Waals surface area contributed by atoms with Gasteiger partial charge in [-0.2, -0.15) is 10.5 Å². The van der Waals surface area contributed by atoms with Gasteiger partial charge in [0.2, 0.25) is 0 Å². The van der Waals surface area contributed by atoms with E-state index in [0.29, 0.717) is 0 Å². The Labute approximate surface area is 138 Å². The van der Waals surface area contributed by atoms with E-state index in [0.717, 1.165) is 26.9 Å². The number of nitrogens with one attached hydrogen (secondary N) is 1. The van der Waals surface area contributed by atoms with E-state index in [4.69, 9.17) is 22.1 Å². The Morgan fingerprint density at radius 2 is 1.91 bits per heavy atom. The summed E-state index contributed by atoms with van der Waals surface area (Å²) in [5.41, 5.74) is 2.03. The van der Waals surface area contributed by atoms with Crippen molar-refractivity contribution in [3.05, 3.63) is 70.9 Å². The zero-order valence-corrected chi connectivity index (χ0v) is 13.2. The summed E-state index contributed by atoms with van der Waals surface area (Å²) in [5, 5.41) is 21.2. The van der Waals surface area contributed by atoms with Crippen LogP contribution in [0.5, 0.6) is 0 Å².